The molecule has 0 aromatic carbocycles. The van der Waals surface area contributed by atoms with E-state index in [1.165, 1.54) is 11.3 Å². The van der Waals surface area contributed by atoms with Crippen LogP contribution in [0.15, 0.2) is 11.4 Å². The highest BCUT2D eigenvalue weighted by Gasteiger charge is 2.20. The van der Waals surface area contributed by atoms with Gasteiger partial charge in [0, 0.05) is 6.54 Å². The Morgan fingerprint density at radius 1 is 1.65 bits per heavy atom. The van der Waals surface area contributed by atoms with E-state index in [4.69, 9.17) is 22.7 Å². The second kappa shape index (κ2) is 6.56. The van der Waals surface area contributed by atoms with E-state index in [1.54, 1.807) is 18.1 Å². The van der Waals surface area contributed by atoms with Crippen LogP contribution >= 0.6 is 23.6 Å². The summed E-state index contributed by atoms with van der Waals surface area (Å²) in [5, 5.41) is 1.83. The highest BCUT2D eigenvalue weighted by molar-refractivity contribution is 7.80. The van der Waals surface area contributed by atoms with E-state index in [9.17, 15) is 4.79 Å². The summed E-state index contributed by atoms with van der Waals surface area (Å²) in [5.74, 6) is 0.524. The molecule has 6 heteroatoms. The van der Waals surface area contributed by atoms with Crippen molar-refractivity contribution < 1.29 is 9.53 Å². The lowest BCUT2D eigenvalue weighted by atomic mass is 10.3. The van der Waals surface area contributed by atoms with Gasteiger partial charge in [0.05, 0.1) is 18.6 Å². The Morgan fingerprint density at radius 3 is 2.88 bits per heavy atom. The van der Waals surface area contributed by atoms with Crippen LogP contribution < -0.4 is 10.5 Å². The minimum absolute atomic E-state index is 0.0773. The fourth-order valence-corrected chi connectivity index (χ4v) is 2.45. The van der Waals surface area contributed by atoms with Crippen LogP contribution in [0.25, 0.3) is 0 Å². The number of hydrogen-bond acceptors (Lipinski definition) is 4. The highest BCUT2D eigenvalue weighted by atomic mass is 32.1. The second-order valence-corrected chi connectivity index (χ2v) is 4.95. The van der Waals surface area contributed by atoms with Crippen molar-refractivity contribution in [2.24, 2.45) is 5.73 Å². The first-order valence-electron chi connectivity index (χ1n) is 5.29. The van der Waals surface area contributed by atoms with E-state index < -0.39 is 0 Å². The maximum Gasteiger partial charge on any atom is 0.268 e. The standard InChI is InChI=1S/C11H16N2O2S2/c1-3-5-13(7-9(12)16)11(14)10-8(15-2)4-6-17-10/h4,6H,3,5,7H2,1-2H3,(H2,12,16). The van der Waals surface area contributed by atoms with Gasteiger partial charge in [0.2, 0.25) is 0 Å². The number of methoxy groups -OCH3 is 1. The van der Waals surface area contributed by atoms with Crippen LogP contribution in [-0.2, 0) is 0 Å². The molecule has 0 aliphatic rings. The summed E-state index contributed by atoms with van der Waals surface area (Å²) >= 11 is 6.22. The van der Waals surface area contributed by atoms with Crippen molar-refractivity contribution >= 4 is 34.5 Å². The maximum absolute atomic E-state index is 12.3. The van der Waals surface area contributed by atoms with Crippen LogP contribution in [0.1, 0.15) is 23.0 Å². The number of carbonyl (C=O) groups is 1. The third-order valence-corrected chi connectivity index (χ3v) is 3.18. The molecule has 17 heavy (non-hydrogen) atoms. The molecule has 1 heterocycles. The Hall–Kier alpha value is -1.14. The molecule has 0 saturated heterocycles. The number of carbonyl (C=O) groups excluding carboxylic acids is 1. The zero-order valence-electron chi connectivity index (χ0n) is 9.93. The predicted octanol–water partition coefficient (Wildman–Crippen LogP) is 1.90. The minimum Gasteiger partial charge on any atom is -0.495 e. The zero-order valence-corrected chi connectivity index (χ0v) is 11.6. The van der Waals surface area contributed by atoms with E-state index >= 15 is 0 Å². The lowest BCUT2D eigenvalue weighted by Gasteiger charge is -2.21. The lowest BCUT2D eigenvalue weighted by Crippen LogP contribution is -2.38. The highest BCUT2D eigenvalue weighted by Crippen LogP contribution is 2.25. The average Bonchev–Trinajstić information content (AvgIpc) is 2.74. The van der Waals surface area contributed by atoms with Crippen LogP contribution in [0.5, 0.6) is 5.75 Å². The van der Waals surface area contributed by atoms with E-state index in [0.29, 0.717) is 28.7 Å². The van der Waals surface area contributed by atoms with Crippen LogP contribution in [0.3, 0.4) is 0 Å². The third-order valence-electron chi connectivity index (χ3n) is 2.17. The molecular weight excluding hydrogens is 256 g/mol. The van der Waals surface area contributed by atoms with E-state index in [-0.39, 0.29) is 5.91 Å². The van der Waals surface area contributed by atoms with Gasteiger partial charge in [-0.05, 0) is 17.9 Å². The minimum atomic E-state index is -0.0773. The Morgan fingerprint density at radius 2 is 2.35 bits per heavy atom. The van der Waals surface area contributed by atoms with Gasteiger partial charge >= 0.3 is 0 Å². The van der Waals surface area contributed by atoms with Gasteiger partial charge in [-0.25, -0.2) is 0 Å². The first-order valence-corrected chi connectivity index (χ1v) is 6.58. The number of nitrogens with zero attached hydrogens (tertiary/aromatic N) is 1. The first kappa shape index (κ1) is 13.9. The van der Waals surface area contributed by atoms with E-state index in [2.05, 4.69) is 0 Å². The molecule has 0 fully saturated rings. The molecule has 1 aromatic rings. The topological polar surface area (TPSA) is 55.6 Å². The number of amides is 1. The molecule has 1 amide bonds. The van der Waals surface area contributed by atoms with Crippen molar-refractivity contribution in [2.45, 2.75) is 13.3 Å². The van der Waals surface area contributed by atoms with Crippen molar-refractivity contribution in [3.8, 4) is 5.75 Å². The summed E-state index contributed by atoms with van der Waals surface area (Å²) < 4.78 is 5.14. The van der Waals surface area contributed by atoms with Gasteiger partial charge in [-0.3, -0.25) is 4.79 Å². The molecule has 0 unspecified atom stereocenters. The van der Waals surface area contributed by atoms with Gasteiger partial charge < -0.3 is 15.4 Å². The van der Waals surface area contributed by atoms with Gasteiger partial charge in [-0.2, -0.15) is 0 Å². The molecule has 1 aromatic heterocycles. The number of thiocarbonyl (C=S) groups is 1. The van der Waals surface area contributed by atoms with Crippen LogP contribution in [-0.4, -0.2) is 36.0 Å². The summed E-state index contributed by atoms with van der Waals surface area (Å²) in [5.41, 5.74) is 5.50. The van der Waals surface area contributed by atoms with Crippen molar-refractivity contribution in [3.63, 3.8) is 0 Å². The first-order chi connectivity index (χ1) is 8.10. The summed E-state index contributed by atoms with van der Waals surface area (Å²) in [4.78, 5) is 14.8. The molecule has 0 saturated carbocycles. The Bertz CT molecular complexity index is 404. The normalized spacial score (nSPS) is 10.0. The summed E-state index contributed by atoms with van der Waals surface area (Å²) in [6, 6.07) is 1.78. The molecule has 2 N–H and O–H groups in total. The Kier molecular flexibility index (Phi) is 5.37. The number of hydrogen-bond donors (Lipinski definition) is 1. The second-order valence-electron chi connectivity index (χ2n) is 3.51. The summed E-state index contributed by atoms with van der Waals surface area (Å²) in [6.07, 6.45) is 0.863. The number of rotatable bonds is 6. The van der Waals surface area contributed by atoms with Crippen LogP contribution in [0.4, 0.5) is 0 Å². The van der Waals surface area contributed by atoms with Crippen molar-refractivity contribution in [1.29, 1.82) is 0 Å². The van der Waals surface area contributed by atoms with Gasteiger partial charge in [0.15, 0.2) is 0 Å². The molecule has 94 valence electrons. The van der Waals surface area contributed by atoms with Crippen LogP contribution in [0, 0.1) is 0 Å². The molecule has 0 bridgehead atoms. The predicted molar refractivity (Wildman–Crippen MR) is 73.9 cm³/mol. The Labute approximate surface area is 110 Å². The lowest BCUT2D eigenvalue weighted by molar-refractivity contribution is 0.0782. The summed E-state index contributed by atoms with van der Waals surface area (Å²) in [6.45, 7) is 2.95. The average molecular weight is 272 g/mol. The smallest absolute Gasteiger partial charge is 0.268 e. The molecule has 0 aliphatic carbocycles. The Balaban J connectivity index is 2.87. The van der Waals surface area contributed by atoms with Crippen LogP contribution in [0.2, 0.25) is 0 Å². The molecule has 0 atom stereocenters. The molecule has 1 rings (SSSR count). The third kappa shape index (κ3) is 3.67. The SMILES string of the molecule is CCCN(CC(N)=S)C(=O)c1sccc1OC. The molecule has 0 aliphatic heterocycles. The van der Waals surface area contributed by atoms with Crippen molar-refractivity contribution in [3.05, 3.63) is 16.3 Å². The fourth-order valence-electron chi connectivity index (χ4n) is 1.47. The zero-order chi connectivity index (χ0) is 12.8. The van der Waals surface area contributed by atoms with Gasteiger partial charge in [-0.15, -0.1) is 11.3 Å². The quantitative estimate of drug-likeness (QED) is 0.804. The molecule has 0 spiro atoms. The molecule has 0 radical (unpaired) electrons. The van der Waals surface area contributed by atoms with Gasteiger partial charge in [-0.1, -0.05) is 19.1 Å². The summed E-state index contributed by atoms with van der Waals surface area (Å²) in [7, 11) is 1.55. The van der Waals surface area contributed by atoms with E-state index in [0.717, 1.165) is 6.42 Å². The number of thiophene rings is 1. The van der Waals surface area contributed by atoms with Crippen molar-refractivity contribution in [1.82, 2.24) is 4.90 Å². The largest absolute Gasteiger partial charge is 0.495 e. The molecular formula is C11H16N2O2S2. The number of nitrogens with two attached hydrogens (primary N) is 1. The van der Waals surface area contributed by atoms with Crippen molar-refractivity contribution in [2.75, 3.05) is 20.2 Å². The van der Waals surface area contributed by atoms with Gasteiger partial charge in [0.1, 0.15) is 10.6 Å². The maximum atomic E-state index is 12.3. The molecule has 4 nitrogen and oxygen atoms in total. The monoisotopic (exact) mass is 272 g/mol. The number of ether oxygens (including phenoxy) is 1. The fraction of sp³-hybridized carbons (Fsp3) is 0.455. The van der Waals surface area contributed by atoms with E-state index in [1.807, 2.05) is 12.3 Å². The van der Waals surface area contributed by atoms with Gasteiger partial charge in [0.25, 0.3) is 5.91 Å².